The van der Waals surface area contributed by atoms with Crippen LogP contribution >= 0.6 is 15.9 Å². The van der Waals surface area contributed by atoms with Gasteiger partial charge in [0.05, 0.1) is 6.54 Å². The van der Waals surface area contributed by atoms with Gasteiger partial charge in [-0.05, 0) is 43.7 Å². The standard InChI is InChI=1S/C17H22BrNO2/c1-11(2)19-9-16-8-14(13(4)21-16)10-20-17-6-5-15(18)7-12(17)3/h5-8,11,19H,9-10H2,1-4H3. The molecule has 0 bridgehead atoms. The van der Waals surface area contributed by atoms with E-state index in [9.17, 15) is 0 Å². The molecular weight excluding hydrogens is 330 g/mol. The molecule has 2 aromatic rings. The predicted octanol–water partition coefficient (Wildman–Crippen LogP) is 4.74. The Kier molecular flexibility index (Phi) is 5.48. The van der Waals surface area contributed by atoms with E-state index in [-0.39, 0.29) is 0 Å². The van der Waals surface area contributed by atoms with Crippen LogP contribution in [0.3, 0.4) is 0 Å². The Bertz CT molecular complexity index is 605. The van der Waals surface area contributed by atoms with Crippen molar-refractivity contribution in [3.8, 4) is 5.75 Å². The molecule has 1 heterocycles. The van der Waals surface area contributed by atoms with Gasteiger partial charge in [-0.2, -0.15) is 0 Å². The Morgan fingerprint density at radius 1 is 1.24 bits per heavy atom. The number of ether oxygens (including phenoxy) is 1. The average Bonchev–Trinajstić information content (AvgIpc) is 2.76. The van der Waals surface area contributed by atoms with Crippen LogP contribution in [0.1, 0.15) is 36.5 Å². The van der Waals surface area contributed by atoms with Crippen molar-refractivity contribution in [2.24, 2.45) is 0 Å². The highest BCUT2D eigenvalue weighted by atomic mass is 79.9. The number of rotatable bonds is 6. The molecule has 1 aromatic carbocycles. The molecular formula is C17H22BrNO2. The second kappa shape index (κ2) is 7.14. The van der Waals surface area contributed by atoms with Gasteiger partial charge in [-0.25, -0.2) is 0 Å². The summed E-state index contributed by atoms with van der Waals surface area (Å²) in [4.78, 5) is 0. The van der Waals surface area contributed by atoms with E-state index in [4.69, 9.17) is 9.15 Å². The van der Waals surface area contributed by atoms with Crippen molar-refractivity contribution in [1.82, 2.24) is 5.32 Å². The molecule has 0 aliphatic carbocycles. The summed E-state index contributed by atoms with van der Waals surface area (Å²) in [6, 6.07) is 8.54. The summed E-state index contributed by atoms with van der Waals surface area (Å²) in [6.07, 6.45) is 0. The molecule has 0 aliphatic rings. The minimum Gasteiger partial charge on any atom is -0.489 e. The van der Waals surface area contributed by atoms with Gasteiger partial charge in [0, 0.05) is 16.1 Å². The predicted molar refractivity (Wildman–Crippen MR) is 88.6 cm³/mol. The topological polar surface area (TPSA) is 34.4 Å². The van der Waals surface area contributed by atoms with E-state index in [1.165, 1.54) is 0 Å². The van der Waals surface area contributed by atoms with Gasteiger partial charge < -0.3 is 14.5 Å². The quantitative estimate of drug-likeness (QED) is 0.816. The fourth-order valence-corrected chi connectivity index (χ4v) is 2.53. The van der Waals surface area contributed by atoms with Crippen molar-refractivity contribution in [1.29, 1.82) is 0 Å². The lowest BCUT2D eigenvalue weighted by atomic mass is 10.2. The first-order valence-corrected chi connectivity index (χ1v) is 7.95. The normalized spacial score (nSPS) is 11.1. The van der Waals surface area contributed by atoms with Crippen molar-refractivity contribution >= 4 is 15.9 Å². The maximum atomic E-state index is 5.90. The summed E-state index contributed by atoms with van der Waals surface area (Å²) in [5, 5.41) is 3.35. The summed E-state index contributed by atoms with van der Waals surface area (Å²) < 4.78 is 12.7. The molecule has 0 aliphatic heterocycles. The van der Waals surface area contributed by atoms with Crippen molar-refractivity contribution in [2.45, 2.75) is 46.9 Å². The second-order valence-corrected chi connectivity index (χ2v) is 6.44. The fraction of sp³-hybridized carbons (Fsp3) is 0.412. The maximum Gasteiger partial charge on any atom is 0.122 e. The van der Waals surface area contributed by atoms with Gasteiger partial charge >= 0.3 is 0 Å². The van der Waals surface area contributed by atoms with Crippen molar-refractivity contribution < 1.29 is 9.15 Å². The molecule has 1 aromatic heterocycles. The Morgan fingerprint density at radius 3 is 2.67 bits per heavy atom. The van der Waals surface area contributed by atoms with Crippen LogP contribution in [0.2, 0.25) is 0 Å². The number of nitrogens with one attached hydrogen (secondary N) is 1. The number of benzene rings is 1. The average molecular weight is 352 g/mol. The second-order valence-electron chi connectivity index (χ2n) is 5.53. The summed E-state index contributed by atoms with van der Waals surface area (Å²) in [5.74, 6) is 2.78. The zero-order valence-corrected chi connectivity index (χ0v) is 14.6. The van der Waals surface area contributed by atoms with Gasteiger partial charge in [-0.1, -0.05) is 29.8 Å². The van der Waals surface area contributed by atoms with Crippen LogP contribution in [0.15, 0.2) is 33.2 Å². The lowest BCUT2D eigenvalue weighted by molar-refractivity contribution is 0.301. The molecule has 0 atom stereocenters. The van der Waals surface area contributed by atoms with E-state index in [0.29, 0.717) is 12.6 Å². The summed E-state index contributed by atoms with van der Waals surface area (Å²) >= 11 is 3.46. The Labute approximate surface area is 134 Å². The Hall–Kier alpha value is -1.26. The molecule has 0 saturated heterocycles. The molecule has 0 radical (unpaired) electrons. The van der Waals surface area contributed by atoms with E-state index >= 15 is 0 Å². The van der Waals surface area contributed by atoms with Crippen LogP contribution in [0.5, 0.6) is 5.75 Å². The van der Waals surface area contributed by atoms with Crippen LogP contribution in [-0.4, -0.2) is 6.04 Å². The SMILES string of the molecule is Cc1cc(Br)ccc1OCc1cc(CNC(C)C)oc1C. The van der Waals surface area contributed by atoms with Gasteiger partial charge in [0.2, 0.25) is 0 Å². The third-order valence-electron chi connectivity index (χ3n) is 3.28. The summed E-state index contributed by atoms with van der Waals surface area (Å²) in [6.45, 7) is 9.54. The van der Waals surface area contributed by atoms with Gasteiger partial charge in [0.25, 0.3) is 0 Å². The molecule has 0 spiro atoms. The molecule has 0 amide bonds. The van der Waals surface area contributed by atoms with Crippen molar-refractivity contribution in [2.75, 3.05) is 0 Å². The van der Waals surface area contributed by atoms with Gasteiger partial charge in [0.1, 0.15) is 23.9 Å². The molecule has 3 nitrogen and oxygen atoms in total. The minimum absolute atomic E-state index is 0.445. The molecule has 1 N–H and O–H groups in total. The molecule has 114 valence electrons. The van der Waals surface area contributed by atoms with Gasteiger partial charge in [-0.3, -0.25) is 0 Å². The van der Waals surface area contributed by atoms with E-state index in [0.717, 1.165) is 39.4 Å². The lowest BCUT2D eigenvalue weighted by Gasteiger charge is -2.08. The Balaban J connectivity index is 1.99. The maximum absolute atomic E-state index is 5.90. The van der Waals surface area contributed by atoms with Crippen LogP contribution < -0.4 is 10.1 Å². The van der Waals surface area contributed by atoms with E-state index < -0.39 is 0 Å². The molecule has 0 saturated carbocycles. The number of hydrogen-bond donors (Lipinski definition) is 1. The molecule has 0 unspecified atom stereocenters. The third-order valence-corrected chi connectivity index (χ3v) is 3.77. The van der Waals surface area contributed by atoms with E-state index in [1.54, 1.807) is 0 Å². The number of furan rings is 1. The largest absolute Gasteiger partial charge is 0.489 e. The third kappa shape index (κ3) is 4.61. The van der Waals surface area contributed by atoms with E-state index in [1.807, 2.05) is 26.0 Å². The van der Waals surface area contributed by atoms with Crippen molar-refractivity contribution in [3.63, 3.8) is 0 Å². The highest BCUT2D eigenvalue weighted by Gasteiger charge is 2.09. The van der Waals surface area contributed by atoms with Gasteiger partial charge in [-0.15, -0.1) is 0 Å². The first-order valence-electron chi connectivity index (χ1n) is 7.16. The summed E-state index contributed by atoms with van der Waals surface area (Å²) in [5.41, 5.74) is 2.21. The fourth-order valence-electron chi connectivity index (χ4n) is 2.05. The minimum atomic E-state index is 0.445. The first-order chi connectivity index (χ1) is 9.95. The van der Waals surface area contributed by atoms with Crippen LogP contribution in [0, 0.1) is 13.8 Å². The molecule has 21 heavy (non-hydrogen) atoms. The molecule has 0 fully saturated rings. The van der Waals surface area contributed by atoms with Crippen LogP contribution in [0.4, 0.5) is 0 Å². The van der Waals surface area contributed by atoms with Gasteiger partial charge in [0.15, 0.2) is 0 Å². The Morgan fingerprint density at radius 2 is 2.00 bits per heavy atom. The first kappa shape index (κ1) is 16.1. The monoisotopic (exact) mass is 351 g/mol. The van der Waals surface area contributed by atoms with Crippen molar-refractivity contribution in [3.05, 3.63) is 51.4 Å². The lowest BCUT2D eigenvalue weighted by Crippen LogP contribution is -2.21. The molecule has 4 heteroatoms. The smallest absolute Gasteiger partial charge is 0.122 e. The van der Waals surface area contributed by atoms with Crippen LogP contribution in [0.25, 0.3) is 0 Å². The zero-order valence-electron chi connectivity index (χ0n) is 13.0. The number of aryl methyl sites for hydroxylation is 2. The summed E-state index contributed by atoms with van der Waals surface area (Å²) in [7, 11) is 0. The zero-order chi connectivity index (χ0) is 15.4. The molecule has 2 rings (SSSR count). The van der Waals surface area contributed by atoms with E-state index in [2.05, 4.69) is 47.2 Å². The highest BCUT2D eigenvalue weighted by molar-refractivity contribution is 9.10. The number of hydrogen-bond acceptors (Lipinski definition) is 3. The highest BCUT2D eigenvalue weighted by Crippen LogP contribution is 2.24. The number of halogens is 1. The van der Waals surface area contributed by atoms with Crippen LogP contribution in [-0.2, 0) is 13.2 Å².